The molecule has 1 amide bonds. The zero-order chi connectivity index (χ0) is 21.0. The highest BCUT2D eigenvalue weighted by atomic mass is 16.5. The number of esters is 1. The Bertz CT molecular complexity index is 1030. The molecule has 0 radical (unpaired) electrons. The van der Waals surface area contributed by atoms with Crippen LogP contribution in [0, 0.1) is 20.8 Å². The maximum atomic E-state index is 12.7. The molecule has 0 saturated heterocycles. The monoisotopic (exact) mass is 395 g/mol. The number of aryl methyl sites for hydroxylation is 3. The van der Waals surface area contributed by atoms with Gasteiger partial charge in [-0.2, -0.15) is 10.1 Å². The summed E-state index contributed by atoms with van der Waals surface area (Å²) in [6, 6.07) is 7.31. The smallest absolute Gasteiger partial charge is 0.307 e. The Kier molecular flexibility index (Phi) is 6.21. The van der Waals surface area contributed by atoms with Crippen molar-refractivity contribution in [2.75, 3.05) is 7.11 Å². The van der Waals surface area contributed by atoms with E-state index in [0.29, 0.717) is 12.2 Å². The van der Waals surface area contributed by atoms with Crippen LogP contribution in [0.2, 0.25) is 0 Å². The van der Waals surface area contributed by atoms with E-state index in [0.717, 1.165) is 28.1 Å². The van der Waals surface area contributed by atoms with Crippen LogP contribution in [0.15, 0.2) is 30.6 Å². The van der Waals surface area contributed by atoms with Gasteiger partial charge in [-0.3, -0.25) is 9.59 Å². The highest BCUT2D eigenvalue weighted by molar-refractivity contribution is 5.78. The first-order valence-electron chi connectivity index (χ1n) is 9.47. The minimum atomic E-state index is -0.436. The van der Waals surface area contributed by atoms with Gasteiger partial charge in [-0.05, 0) is 38.3 Å². The van der Waals surface area contributed by atoms with Crippen molar-refractivity contribution in [3.8, 4) is 0 Å². The summed E-state index contributed by atoms with van der Waals surface area (Å²) in [4.78, 5) is 33.0. The summed E-state index contributed by atoms with van der Waals surface area (Å²) in [7, 11) is 1.34. The largest absolute Gasteiger partial charge is 0.469 e. The van der Waals surface area contributed by atoms with E-state index in [-0.39, 0.29) is 24.7 Å². The van der Waals surface area contributed by atoms with Crippen molar-refractivity contribution >= 4 is 17.7 Å². The summed E-state index contributed by atoms with van der Waals surface area (Å²) in [6.45, 7) is 5.83. The molecule has 0 aliphatic rings. The number of fused-ring (bicyclic) bond motifs is 1. The van der Waals surface area contributed by atoms with Crippen LogP contribution in [0.3, 0.4) is 0 Å². The minimum absolute atomic E-state index is 0.0792. The lowest BCUT2D eigenvalue weighted by molar-refractivity contribution is -0.141. The normalized spacial score (nSPS) is 12.0. The van der Waals surface area contributed by atoms with Crippen LogP contribution in [0.1, 0.15) is 47.0 Å². The molecule has 152 valence electrons. The predicted molar refractivity (Wildman–Crippen MR) is 107 cm³/mol. The highest BCUT2D eigenvalue weighted by Crippen LogP contribution is 2.19. The van der Waals surface area contributed by atoms with Gasteiger partial charge in [0, 0.05) is 17.8 Å². The van der Waals surface area contributed by atoms with E-state index in [1.807, 2.05) is 45.0 Å². The molecule has 3 aromatic rings. The topological polar surface area (TPSA) is 98.5 Å². The molecule has 0 unspecified atom stereocenters. The Hall–Kier alpha value is -3.29. The number of carbonyl (C=O) groups excluding carboxylic acids is 2. The molecule has 8 heteroatoms. The van der Waals surface area contributed by atoms with Gasteiger partial charge in [-0.25, -0.2) is 9.50 Å². The van der Waals surface area contributed by atoms with E-state index in [2.05, 4.69) is 20.4 Å². The van der Waals surface area contributed by atoms with Gasteiger partial charge in [0.2, 0.25) is 5.91 Å². The van der Waals surface area contributed by atoms with Crippen LogP contribution in [-0.2, 0) is 20.7 Å². The second kappa shape index (κ2) is 8.81. The van der Waals surface area contributed by atoms with Gasteiger partial charge in [0.1, 0.15) is 6.33 Å². The molecule has 29 heavy (non-hydrogen) atoms. The number of carbonyl (C=O) groups is 2. The number of amides is 1. The van der Waals surface area contributed by atoms with Crippen LogP contribution in [0.4, 0.5) is 0 Å². The Morgan fingerprint density at radius 2 is 1.90 bits per heavy atom. The van der Waals surface area contributed by atoms with Gasteiger partial charge in [0.05, 0.1) is 19.6 Å². The fourth-order valence-electron chi connectivity index (χ4n) is 3.32. The summed E-state index contributed by atoms with van der Waals surface area (Å²) < 4.78 is 6.46. The van der Waals surface area contributed by atoms with Crippen LogP contribution in [0.5, 0.6) is 0 Å². The molecular formula is C21H25N5O3. The van der Waals surface area contributed by atoms with Crippen molar-refractivity contribution in [3.63, 3.8) is 0 Å². The number of nitrogens with zero attached hydrogens (tertiary/aromatic N) is 4. The maximum absolute atomic E-state index is 12.7. The third-order valence-electron chi connectivity index (χ3n) is 5.00. The summed E-state index contributed by atoms with van der Waals surface area (Å²) >= 11 is 0. The standard InChI is InChI=1S/C21H25N5O3/c1-13-5-7-16(8-6-13)18(11-20(28)29-4)25-19(27)10-9-17-14(2)24-21-22-12-23-26(21)15(17)3/h5-8,12,18H,9-11H2,1-4H3,(H,25,27)/t18-/m0/s1. The third-order valence-corrected chi connectivity index (χ3v) is 5.00. The van der Waals surface area contributed by atoms with Crippen molar-refractivity contribution in [1.82, 2.24) is 24.9 Å². The molecule has 0 aliphatic carbocycles. The lowest BCUT2D eigenvalue weighted by atomic mass is 10.0. The number of rotatable bonds is 7. The summed E-state index contributed by atoms with van der Waals surface area (Å²) in [5.74, 6) is 0.0334. The van der Waals surface area contributed by atoms with Crippen LogP contribution < -0.4 is 5.32 Å². The number of aromatic nitrogens is 4. The molecule has 0 saturated carbocycles. The van der Waals surface area contributed by atoms with Crippen molar-refractivity contribution < 1.29 is 14.3 Å². The second-order valence-electron chi connectivity index (χ2n) is 7.04. The average molecular weight is 395 g/mol. The lowest BCUT2D eigenvalue weighted by Crippen LogP contribution is -2.30. The van der Waals surface area contributed by atoms with Crippen LogP contribution >= 0.6 is 0 Å². The van der Waals surface area contributed by atoms with Crippen LogP contribution in [-0.4, -0.2) is 38.6 Å². The molecule has 1 N–H and O–H groups in total. The van der Waals surface area contributed by atoms with E-state index >= 15 is 0 Å². The average Bonchev–Trinajstić information content (AvgIpc) is 3.16. The van der Waals surface area contributed by atoms with Gasteiger partial charge < -0.3 is 10.1 Å². The zero-order valence-electron chi connectivity index (χ0n) is 17.1. The number of methoxy groups -OCH3 is 1. The number of nitrogens with one attached hydrogen (secondary N) is 1. The summed E-state index contributed by atoms with van der Waals surface area (Å²) in [5.41, 5.74) is 4.70. The number of hydrogen-bond donors (Lipinski definition) is 1. The molecule has 0 aliphatic heterocycles. The summed E-state index contributed by atoms with van der Waals surface area (Å²) in [6.07, 6.45) is 2.33. The van der Waals surface area contributed by atoms with E-state index in [9.17, 15) is 9.59 Å². The number of benzene rings is 1. The fourth-order valence-corrected chi connectivity index (χ4v) is 3.32. The molecule has 3 rings (SSSR count). The van der Waals surface area contributed by atoms with Gasteiger partial charge in [0.15, 0.2) is 0 Å². The van der Waals surface area contributed by atoms with Crippen molar-refractivity contribution in [3.05, 3.63) is 58.7 Å². The predicted octanol–water partition coefficient (Wildman–Crippen LogP) is 2.40. The number of ether oxygens (including phenoxy) is 1. The third kappa shape index (κ3) is 4.77. The van der Waals surface area contributed by atoms with E-state index in [1.54, 1.807) is 4.52 Å². The maximum Gasteiger partial charge on any atom is 0.307 e. The lowest BCUT2D eigenvalue weighted by Gasteiger charge is -2.19. The molecule has 2 aromatic heterocycles. The van der Waals surface area contributed by atoms with Gasteiger partial charge >= 0.3 is 5.97 Å². The molecule has 1 atom stereocenters. The molecular weight excluding hydrogens is 370 g/mol. The first kappa shape index (κ1) is 20.4. The Labute approximate surface area is 169 Å². The quantitative estimate of drug-likeness (QED) is 0.617. The molecule has 0 spiro atoms. The molecule has 2 heterocycles. The SMILES string of the molecule is COC(=O)C[C@H](NC(=O)CCc1c(C)nc2ncnn2c1C)c1ccc(C)cc1. The minimum Gasteiger partial charge on any atom is -0.469 e. The van der Waals surface area contributed by atoms with E-state index in [4.69, 9.17) is 4.74 Å². The first-order chi connectivity index (χ1) is 13.9. The van der Waals surface area contributed by atoms with Gasteiger partial charge in [-0.1, -0.05) is 29.8 Å². The second-order valence-corrected chi connectivity index (χ2v) is 7.04. The fraction of sp³-hybridized carbons (Fsp3) is 0.381. The molecule has 8 nitrogen and oxygen atoms in total. The van der Waals surface area contributed by atoms with Gasteiger partial charge in [0.25, 0.3) is 5.78 Å². The number of hydrogen-bond acceptors (Lipinski definition) is 6. The van der Waals surface area contributed by atoms with Gasteiger partial charge in [-0.15, -0.1) is 0 Å². The molecule has 1 aromatic carbocycles. The highest BCUT2D eigenvalue weighted by Gasteiger charge is 2.20. The molecule has 0 fully saturated rings. The van der Waals surface area contributed by atoms with Crippen molar-refractivity contribution in [1.29, 1.82) is 0 Å². The molecule has 0 bridgehead atoms. The van der Waals surface area contributed by atoms with E-state index < -0.39 is 6.04 Å². The van der Waals surface area contributed by atoms with E-state index in [1.165, 1.54) is 13.4 Å². The Balaban J connectivity index is 1.71. The Morgan fingerprint density at radius 3 is 2.59 bits per heavy atom. The first-order valence-corrected chi connectivity index (χ1v) is 9.47. The van der Waals surface area contributed by atoms with Crippen molar-refractivity contribution in [2.24, 2.45) is 0 Å². The summed E-state index contributed by atoms with van der Waals surface area (Å²) in [5, 5.41) is 7.14. The zero-order valence-corrected chi connectivity index (χ0v) is 17.1. The van der Waals surface area contributed by atoms with Crippen LogP contribution in [0.25, 0.3) is 5.78 Å². The Morgan fingerprint density at radius 1 is 1.17 bits per heavy atom. The van der Waals surface area contributed by atoms with Crippen molar-refractivity contribution in [2.45, 2.75) is 46.1 Å².